The molecule has 106 valence electrons. The van der Waals surface area contributed by atoms with Gasteiger partial charge in [-0.1, -0.05) is 6.07 Å². The fraction of sp³-hybridized carbons (Fsp3) is 0.625. The van der Waals surface area contributed by atoms with E-state index in [9.17, 15) is 0 Å². The maximum Gasteiger partial charge on any atom is 0.124 e. The zero-order chi connectivity index (χ0) is 14.0. The van der Waals surface area contributed by atoms with Crippen LogP contribution >= 0.6 is 0 Å². The molecule has 2 rings (SSSR count). The summed E-state index contributed by atoms with van der Waals surface area (Å²) >= 11 is 0. The van der Waals surface area contributed by atoms with E-state index >= 15 is 0 Å². The van der Waals surface area contributed by atoms with Crippen LogP contribution in [-0.2, 0) is 6.42 Å². The Hall–Kier alpha value is -1.06. The van der Waals surface area contributed by atoms with Crippen LogP contribution in [0.5, 0.6) is 5.75 Å². The molecule has 3 nitrogen and oxygen atoms in total. The number of likely N-dealkylation sites (N-methyl/N-ethyl adjacent to an activating group) is 1. The number of aryl methyl sites for hydroxylation is 1. The Kier molecular flexibility index (Phi) is 4.48. The van der Waals surface area contributed by atoms with Crippen molar-refractivity contribution in [3.63, 3.8) is 0 Å². The van der Waals surface area contributed by atoms with Gasteiger partial charge in [-0.25, -0.2) is 0 Å². The predicted octanol–water partition coefficient (Wildman–Crippen LogP) is 2.07. The minimum atomic E-state index is 0.723. The molecular weight excluding hydrogens is 236 g/mol. The lowest BCUT2D eigenvalue weighted by Gasteiger charge is -2.35. The lowest BCUT2D eigenvalue weighted by Crippen LogP contribution is -2.56. The second kappa shape index (κ2) is 5.93. The molecule has 0 bridgehead atoms. The lowest BCUT2D eigenvalue weighted by atomic mass is 9.96. The summed E-state index contributed by atoms with van der Waals surface area (Å²) in [5, 5.41) is 3.33. The van der Waals surface area contributed by atoms with Crippen LogP contribution in [0, 0.1) is 20.8 Å². The van der Waals surface area contributed by atoms with Gasteiger partial charge in [0.1, 0.15) is 5.75 Å². The molecule has 1 aromatic carbocycles. The van der Waals surface area contributed by atoms with E-state index in [1.165, 1.54) is 22.3 Å². The van der Waals surface area contributed by atoms with Gasteiger partial charge < -0.3 is 15.0 Å². The molecule has 1 heterocycles. The van der Waals surface area contributed by atoms with Crippen LogP contribution in [0.1, 0.15) is 22.3 Å². The maximum atomic E-state index is 5.48. The first-order valence-electron chi connectivity index (χ1n) is 7.09. The third kappa shape index (κ3) is 2.93. The first-order valence-corrected chi connectivity index (χ1v) is 7.09. The third-order valence-electron chi connectivity index (χ3n) is 4.45. The Morgan fingerprint density at radius 2 is 1.95 bits per heavy atom. The topological polar surface area (TPSA) is 24.5 Å². The molecule has 1 aliphatic heterocycles. The van der Waals surface area contributed by atoms with Crippen molar-refractivity contribution in [2.75, 3.05) is 33.8 Å². The molecule has 1 fully saturated rings. The van der Waals surface area contributed by atoms with Gasteiger partial charge in [0.05, 0.1) is 7.11 Å². The van der Waals surface area contributed by atoms with E-state index in [-0.39, 0.29) is 0 Å². The molecule has 0 radical (unpaired) electrons. The number of methoxy groups -OCH3 is 1. The molecule has 1 N–H and O–H groups in total. The highest BCUT2D eigenvalue weighted by Gasteiger charge is 2.21. The highest BCUT2D eigenvalue weighted by molar-refractivity contribution is 5.49. The Bertz CT molecular complexity index is 453. The van der Waals surface area contributed by atoms with Crippen LogP contribution in [0.25, 0.3) is 0 Å². The number of nitrogens with one attached hydrogen (secondary N) is 1. The summed E-state index contributed by atoms with van der Waals surface area (Å²) in [4.78, 5) is 2.46. The van der Waals surface area contributed by atoms with E-state index in [1.807, 2.05) is 0 Å². The number of rotatable bonds is 5. The predicted molar refractivity (Wildman–Crippen MR) is 80.2 cm³/mol. The number of hydrogen-bond donors (Lipinski definition) is 1. The molecular formula is C16H26N2O. The molecule has 19 heavy (non-hydrogen) atoms. The van der Waals surface area contributed by atoms with Crippen molar-refractivity contribution >= 4 is 0 Å². The maximum absolute atomic E-state index is 5.48. The van der Waals surface area contributed by atoms with Crippen molar-refractivity contribution in [3.8, 4) is 5.75 Å². The molecule has 0 atom stereocenters. The first kappa shape index (κ1) is 14.4. The van der Waals surface area contributed by atoms with Gasteiger partial charge in [0, 0.05) is 25.7 Å². The van der Waals surface area contributed by atoms with Crippen molar-refractivity contribution in [2.45, 2.75) is 33.2 Å². The van der Waals surface area contributed by atoms with Gasteiger partial charge in [-0.15, -0.1) is 0 Å². The van der Waals surface area contributed by atoms with Gasteiger partial charge in [0.25, 0.3) is 0 Å². The summed E-state index contributed by atoms with van der Waals surface area (Å²) in [6.07, 6.45) is 1.12. The molecule has 0 aromatic heterocycles. The van der Waals surface area contributed by atoms with Crippen LogP contribution < -0.4 is 10.1 Å². The highest BCUT2D eigenvalue weighted by Crippen LogP contribution is 2.28. The number of hydrogen-bond acceptors (Lipinski definition) is 3. The Labute approximate surface area is 116 Å². The molecule has 0 aliphatic carbocycles. The zero-order valence-corrected chi connectivity index (χ0v) is 12.8. The van der Waals surface area contributed by atoms with Gasteiger partial charge in [-0.3, -0.25) is 0 Å². The standard InChI is InChI=1S/C16H26N2O/c1-11-8-14(12(2)13(3)16(11)19-5)6-7-18(4)15-9-17-10-15/h8,15,17H,6-7,9-10H2,1-5H3. The van der Waals surface area contributed by atoms with Crippen LogP contribution in [-0.4, -0.2) is 44.7 Å². The van der Waals surface area contributed by atoms with E-state index in [0.29, 0.717) is 0 Å². The zero-order valence-electron chi connectivity index (χ0n) is 12.8. The number of ether oxygens (including phenoxy) is 1. The molecule has 0 saturated carbocycles. The largest absolute Gasteiger partial charge is 0.496 e. The van der Waals surface area contributed by atoms with Crippen molar-refractivity contribution in [2.24, 2.45) is 0 Å². The SMILES string of the molecule is COc1c(C)cc(CCN(C)C2CNC2)c(C)c1C. The monoisotopic (exact) mass is 262 g/mol. The highest BCUT2D eigenvalue weighted by atomic mass is 16.5. The summed E-state index contributed by atoms with van der Waals surface area (Å²) in [5.41, 5.74) is 5.36. The Morgan fingerprint density at radius 3 is 2.47 bits per heavy atom. The van der Waals surface area contributed by atoms with Crippen LogP contribution in [0.3, 0.4) is 0 Å². The van der Waals surface area contributed by atoms with Gasteiger partial charge >= 0.3 is 0 Å². The molecule has 0 amide bonds. The van der Waals surface area contributed by atoms with Crippen molar-refractivity contribution < 1.29 is 4.74 Å². The number of nitrogens with zero attached hydrogens (tertiary/aromatic N) is 1. The summed E-state index contributed by atoms with van der Waals surface area (Å²) in [5.74, 6) is 1.04. The van der Waals surface area contributed by atoms with Crippen LogP contribution in [0.4, 0.5) is 0 Å². The second-order valence-corrected chi connectivity index (χ2v) is 5.68. The third-order valence-corrected chi connectivity index (χ3v) is 4.45. The van der Waals surface area contributed by atoms with E-state index in [1.54, 1.807) is 7.11 Å². The summed E-state index contributed by atoms with van der Waals surface area (Å²) in [6, 6.07) is 3.01. The number of benzene rings is 1. The molecule has 0 unspecified atom stereocenters. The normalized spacial score (nSPS) is 15.7. The molecule has 1 aliphatic rings. The van der Waals surface area contributed by atoms with Gasteiger partial charge in [0.15, 0.2) is 0 Å². The van der Waals surface area contributed by atoms with E-state index < -0.39 is 0 Å². The van der Waals surface area contributed by atoms with E-state index in [2.05, 4.69) is 44.1 Å². The molecule has 1 saturated heterocycles. The molecule has 3 heteroatoms. The van der Waals surface area contributed by atoms with Gasteiger partial charge in [-0.2, -0.15) is 0 Å². The Balaban J connectivity index is 2.07. The van der Waals surface area contributed by atoms with E-state index in [0.717, 1.165) is 37.8 Å². The van der Waals surface area contributed by atoms with Gasteiger partial charge in [-0.05, 0) is 56.5 Å². The summed E-state index contributed by atoms with van der Waals surface area (Å²) in [7, 11) is 3.98. The second-order valence-electron chi connectivity index (χ2n) is 5.68. The first-order chi connectivity index (χ1) is 9.04. The van der Waals surface area contributed by atoms with Crippen molar-refractivity contribution in [1.29, 1.82) is 0 Å². The van der Waals surface area contributed by atoms with Crippen molar-refractivity contribution in [1.82, 2.24) is 10.2 Å². The smallest absolute Gasteiger partial charge is 0.124 e. The summed E-state index contributed by atoms with van der Waals surface area (Å²) < 4.78 is 5.48. The molecule has 0 spiro atoms. The molecule has 1 aromatic rings. The minimum absolute atomic E-state index is 0.723. The quantitative estimate of drug-likeness (QED) is 0.879. The van der Waals surface area contributed by atoms with Crippen LogP contribution in [0.15, 0.2) is 6.07 Å². The van der Waals surface area contributed by atoms with Crippen LogP contribution in [0.2, 0.25) is 0 Å². The fourth-order valence-corrected chi connectivity index (χ4v) is 2.78. The average molecular weight is 262 g/mol. The lowest BCUT2D eigenvalue weighted by molar-refractivity contribution is 0.182. The Morgan fingerprint density at radius 1 is 1.26 bits per heavy atom. The minimum Gasteiger partial charge on any atom is -0.496 e. The summed E-state index contributed by atoms with van der Waals surface area (Å²) in [6.45, 7) is 9.89. The average Bonchev–Trinajstić information content (AvgIpc) is 2.30. The fourth-order valence-electron chi connectivity index (χ4n) is 2.78. The van der Waals surface area contributed by atoms with Gasteiger partial charge in [0.2, 0.25) is 0 Å². The van der Waals surface area contributed by atoms with E-state index in [4.69, 9.17) is 4.74 Å². The van der Waals surface area contributed by atoms with Crippen molar-refractivity contribution in [3.05, 3.63) is 28.3 Å².